The summed E-state index contributed by atoms with van der Waals surface area (Å²) in [7, 11) is 1.72. The first-order valence-electron chi connectivity index (χ1n) is 7.52. The molecule has 2 unspecified atom stereocenters. The van der Waals surface area contributed by atoms with Gasteiger partial charge in [-0.25, -0.2) is 4.98 Å². The van der Waals surface area contributed by atoms with Crippen molar-refractivity contribution in [3.8, 4) is 0 Å². The molecule has 3 N–H and O–H groups in total. The van der Waals surface area contributed by atoms with Crippen molar-refractivity contribution >= 4 is 28.2 Å². The Labute approximate surface area is 128 Å². The van der Waals surface area contributed by atoms with Gasteiger partial charge in [-0.1, -0.05) is 11.3 Å². The van der Waals surface area contributed by atoms with E-state index in [2.05, 4.69) is 15.2 Å². The van der Waals surface area contributed by atoms with Gasteiger partial charge in [-0.15, -0.1) is 0 Å². The second-order valence-corrected chi connectivity index (χ2v) is 6.72. The lowest BCUT2D eigenvalue weighted by atomic mass is 10.2. The molecule has 0 aromatic carbocycles. The maximum Gasteiger partial charge on any atom is 0.265 e. The molecule has 1 amide bonds. The van der Waals surface area contributed by atoms with Crippen molar-refractivity contribution in [1.82, 2.24) is 10.3 Å². The maximum atomic E-state index is 12.4. The number of nitrogens with zero attached hydrogens (tertiary/aromatic N) is 2. The van der Waals surface area contributed by atoms with Gasteiger partial charge in [0.25, 0.3) is 5.91 Å². The Hall–Kier alpha value is -1.34. The fourth-order valence-electron chi connectivity index (χ4n) is 3.06. The van der Waals surface area contributed by atoms with E-state index in [1.165, 1.54) is 24.2 Å². The van der Waals surface area contributed by atoms with E-state index in [-0.39, 0.29) is 18.1 Å². The normalized spacial score (nSPS) is 25.5. The molecule has 6 nitrogen and oxygen atoms in total. The van der Waals surface area contributed by atoms with Gasteiger partial charge in [0.15, 0.2) is 5.13 Å². The van der Waals surface area contributed by atoms with Gasteiger partial charge < -0.3 is 20.7 Å². The Morgan fingerprint density at radius 2 is 2.19 bits per heavy atom. The van der Waals surface area contributed by atoms with Crippen molar-refractivity contribution in [2.45, 2.75) is 44.2 Å². The summed E-state index contributed by atoms with van der Waals surface area (Å²) >= 11 is 1.40. The van der Waals surface area contributed by atoms with Gasteiger partial charge in [-0.05, 0) is 32.1 Å². The van der Waals surface area contributed by atoms with Gasteiger partial charge in [0, 0.05) is 26.2 Å². The number of anilines is 2. The van der Waals surface area contributed by atoms with Crippen molar-refractivity contribution in [2.75, 3.05) is 30.8 Å². The van der Waals surface area contributed by atoms with E-state index < -0.39 is 0 Å². The molecule has 1 saturated carbocycles. The van der Waals surface area contributed by atoms with Crippen LogP contribution in [0.2, 0.25) is 0 Å². The lowest BCUT2D eigenvalue weighted by Crippen LogP contribution is -2.33. The molecule has 2 aliphatic rings. The van der Waals surface area contributed by atoms with Crippen molar-refractivity contribution in [2.24, 2.45) is 0 Å². The third kappa shape index (κ3) is 3.13. The number of ether oxygens (including phenoxy) is 1. The van der Waals surface area contributed by atoms with E-state index in [9.17, 15) is 4.79 Å². The molecule has 2 atom stereocenters. The number of rotatable bonds is 4. The first-order chi connectivity index (χ1) is 10.2. The number of amides is 1. The summed E-state index contributed by atoms with van der Waals surface area (Å²) in [6.45, 7) is 2.01. The number of hydrogen-bond donors (Lipinski definition) is 2. The second kappa shape index (κ2) is 6.19. The van der Waals surface area contributed by atoms with E-state index >= 15 is 0 Å². The van der Waals surface area contributed by atoms with Crippen LogP contribution in [-0.4, -0.2) is 43.2 Å². The molecule has 1 aromatic heterocycles. The summed E-state index contributed by atoms with van der Waals surface area (Å²) in [6, 6.07) is 0.180. The van der Waals surface area contributed by atoms with Crippen LogP contribution in [0.4, 0.5) is 10.9 Å². The average molecular weight is 310 g/mol. The SMILES string of the molecule is COC1CCC(NC(=O)c2sc(N3CCCC3)nc2N)C1. The zero-order chi connectivity index (χ0) is 14.8. The largest absolute Gasteiger partial charge is 0.382 e. The maximum absolute atomic E-state index is 12.4. The topological polar surface area (TPSA) is 80.5 Å². The molecule has 0 bridgehead atoms. The molecule has 1 saturated heterocycles. The van der Waals surface area contributed by atoms with E-state index in [1.807, 2.05) is 0 Å². The van der Waals surface area contributed by atoms with Gasteiger partial charge in [-0.3, -0.25) is 4.79 Å². The summed E-state index contributed by atoms with van der Waals surface area (Å²) < 4.78 is 5.33. The number of nitrogen functional groups attached to an aromatic ring is 1. The van der Waals surface area contributed by atoms with Crippen LogP contribution in [0, 0.1) is 0 Å². The predicted molar refractivity (Wildman–Crippen MR) is 83.9 cm³/mol. The zero-order valence-electron chi connectivity index (χ0n) is 12.3. The number of methoxy groups -OCH3 is 1. The molecule has 1 aromatic rings. The number of carbonyl (C=O) groups excluding carboxylic acids is 1. The lowest BCUT2D eigenvalue weighted by molar-refractivity contribution is 0.0919. The van der Waals surface area contributed by atoms with Crippen LogP contribution < -0.4 is 16.0 Å². The fraction of sp³-hybridized carbons (Fsp3) is 0.714. The molecule has 2 heterocycles. The molecule has 21 heavy (non-hydrogen) atoms. The van der Waals surface area contributed by atoms with E-state index in [0.29, 0.717) is 10.7 Å². The van der Waals surface area contributed by atoms with Crippen LogP contribution in [0.5, 0.6) is 0 Å². The van der Waals surface area contributed by atoms with Crippen LogP contribution in [0.1, 0.15) is 41.8 Å². The second-order valence-electron chi connectivity index (χ2n) is 5.75. The third-order valence-electron chi connectivity index (χ3n) is 4.28. The van der Waals surface area contributed by atoms with E-state index in [1.54, 1.807) is 7.11 Å². The number of thiazole rings is 1. The molecular weight excluding hydrogens is 288 g/mol. The molecule has 1 aliphatic heterocycles. The summed E-state index contributed by atoms with van der Waals surface area (Å²) in [4.78, 5) is 19.5. The summed E-state index contributed by atoms with van der Waals surface area (Å²) in [5.41, 5.74) is 5.92. The molecular formula is C14H22N4O2S. The van der Waals surface area contributed by atoms with E-state index in [0.717, 1.165) is 37.5 Å². The molecule has 0 spiro atoms. The summed E-state index contributed by atoms with van der Waals surface area (Å²) in [6.07, 6.45) is 5.46. The van der Waals surface area contributed by atoms with Gasteiger partial charge in [0.05, 0.1) is 6.10 Å². The minimum Gasteiger partial charge on any atom is -0.382 e. The van der Waals surface area contributed by atoms with Crippen molar-refractivity contribution < 1.29 is 9.53 Å². The highest BCUT2D eigenvalue weighted by molar-refractivity contribution is 7.18. The number of carbonyl (C=O) groups is 1. The molecule has 116 valence electrons. The van der Waals surface area contributed by atoms with Gasteiger partial charge in [-0.2, -0.15) is 0 Å². The van der Waals surface area contributed by atoms with Gasteiger partial charge in [0.1, 0.15) is 10.7 Å². The number of nitrogens with one attached hydrogen (secondary N) is 1. The molecule has 7 heteroatoms. The lowest BCUT2D eigenvalue weighted by Gasteiger charge is -2.13. The van der Waals surface area contributed by atoms with Gasteiger partial charge in [0.2, 0.25) is 0 Å². The first kappa shape index (κ1) is 14.6. The highest BCUT2D eigenvalue weighted by Crippen LogP contribution is 2.31. The zero-order valence-corrected chi connectivity index (χ0v) is 13.1. The average Bonchev–Trinajstić information content (AvgIpc) is 3.17. The molecule has 3 rings (SSSR count). The fourth-order valence-corrected chi connectivity index (χ4v) is 4.00. The van der Waals surface area contributed by atoms with Crippen molar-refractivity contribution in [3.63, 3.8) is 0 Å². The van der Waals surface area contributed by atoms with Crippen molar-refractivity contribution in [1.29, 1.82) is 0 Å². The standard InChI is InChI=1S/C14H22N4O2S/c1-20-10-5-4-9(8-10)16-13(19)11-12(15)17-14(21-11)18-6-2-3-7-18/h9-10H,2-8,15H2,1H3,(H,16,19). The highest BCUT2D eigenvalue weighted by Gasteiger charge is 2.28. The Morgan fingerprint density at radius 1 is 1.43 bits per heavy atom. The summed E-state index contributed by atoms with van der Waals surface area (Å²) in [5, 5.41) is 3.93. The Kier molecular flexibility index (Phi) is 4.30. The highest BCUT2D eigenvalue weighted by atomic mass is 32.1. The molecule has 0 radical (unpaired) electrons. The third-order valence-corrected chi connectivity index (χ3v) is 5.41. The van der Waals surface area contributed by atoms with Crippen LogP contribution in [0.25, 0.3) is 0 Å². The Bertz CT molecular complexity index is 513. The Balaban J connectivity index is 1.64. The number of nitrogens with two attached hydrogens (primary N) is 1. The monoisotopic (exact) mass is 310 g/mol. The molecule has 2 fully saturated rings. The van der Waals surface area contributed by atoms with Crippen LogP contribution >= 0.6 is 11.3 Å². The molecule has 1 aliphatic carbocycles. The van der Waals surface area contributed by atoms with Crippen LogP contribution in [0.15, 0.2) is 0 Å². The predicted octanol–water partition coefficient (Wildman–Crippen LogP) is 1.62. The minimum absolute atomic E-state index is 0.0998. The van der Waals surface area contributed by atoms with Crippen LogP contribution in [0.3, 0.4) is 0 Å². The quantitative estimate of drug-likeness (QED) is 0.883. The number of aromatic nitrogens is 1. The first-order valence-corrected chi connectivity index (χ1v) is 8.34. The van der Waals surface area contributed by atoms with Crippen molar-refractivity contribution in [3.05, 3.63) is 4.88 Å². The summed E-state index contributed by atoms with van der Waals surface area (Å²) in [5.74, 6) is 0.248. The minimum atomic E-state index is -0.0998. The van der Waals surface area contributed by atoms with E-state index in [4.69, 9.17) is 10.5 Å². The smallest absolute Gasteiger partial charge is 0.265 e. The number of hydrogen-bond acceptors (Lipinski definition) is 6. The van der Waals surface area contributed by atoms with Crippen LogP contribution in [-0.2, 0) is 4.74 Å². The van der Waals surface area contributed by atoms with Gasteiger partial charge >= 0.3 is 0 Å². The Morgan fingerprint density at radius 3 is 2.86 bits per heavy atom.